The van der Waals surface area contributed by atoms with Gasteiger partial charge in [0, 0.05) is 30.2 Å². The Kier molecular flexibility index (Phi) is 3.64. The van der Waals surface area contributed by atoms with Crippen LogP contribution in [0.1, 0.15) is 24.6 Å². The first kappa shape index (κ1) is 13.1. The van der Waals surface area contributed by atoms with E-state index < -0.39 is 0 Å². The molecular formula is C14H16N4OS. The number of aryl methyl sites for hydroxylation is 1. The zero-order chi connectivity index (χ0) is 13.9. The molecular weight excluding hydrogens is 272 g/mol. The molecule has 1 aromatic carbocycles. The average molecular weight is 288 g/mol. The van der Waals surface area contributed by atoms with Crippen molar-refractivity contribution in [3.63, 3.8) is 0 Å². The summed E-state index contributed by atoms with van der Waals surface area (Å²) in [4.78, 5) is 14.0. The molecule has 1 aromatic heterocycles. The largest absolute Gasteiger partial charge is 0.374 e. The summed E-state index contributed by atoms with van der Waals surface area (Å²) in [5.41, 5.74) is 3.06. The molecule has 0 spiro atoms. The van der Waals surface area contributed by atoms with E-state index in [0.29, 0.717) is 13.0 Å². The molecule has 0 saturated heterocycles. The third-order valence-corrected chi connectivity index (χ3v) is 4.12. The molecule has 5 nitrogen and oxygen atoms in total. The molecule has 6 heteroatoms. The van der Waals surface area contributed by atoms with Crippen LogP contribution in [0.4, 0.5) is 10.7 Å². The van der Waals surface area contributed by atoms with Crippen LogP contribution < -0.4 is 10.2 Å². The minimum atomic E-state index is 0.152. The number of hydrogen-bond acceptors (Lipinski definition) is 5. The number of benzene rings is 1. The molecule has 2 aromatic rings. The lowest BCUT2D eigenvalue weighted by Gasteiger charge is -2.28. The van der Waals surface area contributed by atoms with Crippen LogP contribution in [0.25, 0.3) is 0 Å². The average Bonchev–Trinajstić information content (AvgIpc) is 2.90. The lowest BCUT2D eigenvalue weighted by Crippen LogP contribution is -2.34. The van der Waals surface area contributed by atoms with Crippen molar-refractivity contribution in [2.24, 2.45) is 0 Å². The number of anilines is 2. The van der Waals surface area contributed by atoms with Crippen LogP contribution in [0.2, 0.25) is 0 Å². The minimum Gasteiger partial charge on any atom is -0.374 e. The topological polar surface area (TPSA) is 58.1 Å². The fourth-order valence-electron chi connectivity index (χ4n) is 2.43. The van der Waals surface area contributed by atoms with Crippen molar-refractivity contribution in [2.45, 2.75) is 26.3 Å². The van der Waals surface area contributed by atoms with Crippen LogP contribution in [-0.4, -0.2) is 22.0 Å². The van der Waals surface area contributed by atoms with E-state index in [4.69, 9.17) is 0 Å². The van der Waals surface area contributed by atoms with Crippen LogP contribution in [0.5, 0.6) is 0 Å². The Hall–Kier alpha value is -1.95. The second-order valence-corrected chi connectivity index (χ2v) is 5.44. The maximum atomic E-state index is 12.2. The smallest absolute Gasteiger partial charge is 0.227 e. The van der Waals surface area contributed by atoms with Crippen molar-refractivity contribution in [3.05, 3.63) is 35.5 Å². The molecule has 0 fully saturated rings. The van der Waals surface area contributed by atoms with Gasteiger partial charge in [0.15, 0.2) is 0 Å². The quantitative estimate of drug-likeness (QED) is 0.939. The summed E-state index contributed by atoms with van der Waals surface area (Å²) >= 11 is 1.34. The van der Waals surface area contributed by atoms with Gasteiger partial charge >= 0.3 is 0 Å². The summed E-state index contributed by atoms with van der Waals surface area (Å²) in [7, 11) is 0. The number of carbonyl (C=O) groups excluding carboxylic acids is 1. The molecule has 0 unspecified atom stereocenters. The van der Waals surface area contributed by atoms with E-state index in [0.717, 1.165) is 29.3 Å². The van der Waals surface area contributed by atoms with Crippen molar-refractivity contribution < 1.29 is 4.79 Å². The van der Waals surface area contributed by atoms with E-state index in [2.05, 4.69) is 21.0 Å². The lowest BCUT2D eigenvalue weighted by molar-refractivity contribution is -0.119. The summed E-state index contributed by atoms with van der Waals surface area (Å²) < 4.78 is 3.98. The molecule has 0 radical (unpaired) electrons. The van der Waals surface area contributed by atoms with Crippen LogP contribution in [0.15, 0.2) is 24.3 Å². The van der Waals surface area contributed by atoms with Crippen LogP contribution in [0, 0.1) is 0 Å². The first-order chi connectivity index (χ1) is 9.79. The van der Waals surface area contributed by atoms with Crippen molar-refractivity contribution in [1.82, 2.24) is 9.59 Å². The number of aromatic nitrogens is 2. The van der Waals surface area contributed by atoms with Gasteiger partial charge in [-0.3, -0.25) is 4.79 Å². The molecule has 104 valence electrons. The highest BCUT2D eigenvalue weighted by Gasteiger charge is 2.25. The number of carbonyl (C=O) groups is 1. The molecule has 2 heterocycles. The highest BCUT2D eigenvalue weighted by Crippen LogP contribution is 2.30. The third-order valence-electron chi connectivity index (χ3n) is 3.39. The number of fused-ring (bicyclic) bond motifs is 1. The van der Waals surface area contributed by atoms with Crippen molar-refractivity contribution in [3.8, 4) is 0 Å². The number of rotatable bonds is 4. The fraction of sp³-hybridized carbons (Fsp3) is 0.357. The van der Waals surface area contributed by atoms with Gasteiger partial charge in [0.25, 0.3) is 0 Å². The minimum absolute atomic E-state index is 0.152. The standard InChI is InChI=1S/C14H16N4OS/c1-2-15-14-11(16-17-20-14)9-18-12-6-4-3-5-10(12)7-8-13(18)19/h3-6,15H,2,7-9H2,1H3. The van der Waals surface area contributed by atoms with E-state index in [1.807, 2.05) is 30.0 Å². The predicted octanol–water partition coefficient (Wildman–Crippen LogP) is 2.45. The van der Waals surface area contributed by atoms with Gasteiger partial charge in [-0.15, -0.1) is 5.10 Å². The normalized spacial score (nSPS) is 14.2. The molecule has 0 bridgehead atoms. The molecule has 0 aliphatic carbocycles. The maximum absolute atomic E-state index is 12.2. The number of nitrogens with zero attached hydrogens (tertiary/aromatic N) is 3. The molecule has 1 aliphatic rings. The molecule has 20 heavy (non-hydrogen) atoms. The SMILES string of the molecule is CCNc1snnc1CN1C(=O)CCc2ccccc21. The van der Waals surface area contributed by atoms with Crippen LogP contribution >= 0.6 is 11.5 Å². The second-order valence-electron chi connectivity index (χ2n) is 4.69. The Labute approximate surface area is 121 Å². The number of hydrogen-bond donors (Lipinski definition) is 1. The van der Waals surface area contributed by atoms with Crippen molar-refractivity contribution in [2.75, 3.05) is 16.8 Å². The third kappa shape index (κ3) is 2.38. The Morgan fingerprint density at radius 1 is 1.35 bits per heavy atom. The van der Waals surface area contributed by atoms with Crippen LogP contribution in [-0.2, 0) is 17.8 Å². The summed E-state index contributed by atoms with van der Waals surface area (Å²) in [5, 5.41) is 8.34. The van der Waals surface area contributed by atoms with Gasteiger partial charge in [-0.1, -0.05) is 22.7 Å². The van der Waals surface area contributed by atoms with Gasteiger partial charge in [-0.25, -0.2) is 0 Å². The summed E-state index contributed by atoms with van der Waals surface area (Å²) in [5.74, 6) is 0.152. The first-order valence-electron chi connectivity index (χ1n) is 6.73. The Morgan fingerprint density at radius 3 is 3.05 bits per heavy atom. The van der Waals surface area contributed by atoms with E-state index in [-0.39, 0.29) is 5.91 Å². The Bertz CT molecular complexity index is 625. The molecule has 1 amide bonds. The summed E-state index contributed by atoms with van der Waals surface area (Å²) in [6.07, 6.45) is 1.38. The van der Waals surface area contributed by atoms with Gasteiger partial charge in [0.2, 0.25) is 5.91 Å². The van der Waals surface area contributed by atoms with Crippen molar-refractivity contribution >= 4 is 28.1 Å². The summed E-state index contributed by atoms with van der Waals surface area (Å²) in [6.45, 7) is 3.33. The molecule has 1 N–H and O–H groups in total. The molecule has 1 aliphatic heterocycles. The van der Waals surface area contributed by atoms with Crippen LogP contribution in [0.3, 0.4) is 0 Å². The number of amides is 1. The fourth-order valence-corrected chi connectivity index (χ4v) is 3.07. The Balaban J connectivity index is 1.90. The second kappa shape index (κ2) is 5.58. The van der Waals surface area contributed by atoms with Gasteiger partial charge < -0.3 is 10.2 Å². The van der Waals surface area contributed by atoms with Gasteiger partial charge in [-0.2, -0.15) is 0 Å². The lowest BCUT2D eigenvalue weighted by atomic mass is 10.0. The van der Waals surface area contributed by atoms with Gasteiger partial charge in [0.05, 0.1) is 6.54 Å². The molecule has 0 saturated carbocycles. The predicted molar refractivity (Wildman–Crippen MR) is 80.0 cm³/mol. The molecule has 3 rings (SSSR count). The molecule has 0 atom stereocenters. The maximum Gasteiger partial charge on any atom is 0.227 e. The summed E-state index contributed by atoms with van der Waals surface area (Å²) in [6, 6.07) is 8.06. The van der Waals surface area contributed by atoms with Gasteiger partial charge in [0.1, 0.15) is 10.7 Å². The monoisotopic (exact) mass is 288 g/mol. The van der Waals surface area contributed by atoms with E-state index in [1.54, 1.807) is 0 Å². The van der Waals surface area contributed by atoms with E-state index in [1.165, 1.54) is 17.1 Å². The number of para-hydroxylation sites is 1. The Morgan fingerprint density at radius 2 is 2.20 bits per heavy atom. The zero-order valence-corrected chi connectivity index (χ0v) is 12.1. The van der Waals surface area contributed by atoms with Crippen molar-refractivity contribution in [1.29, 1.82) is 0 Å². The van der Waals surface area contributed by atoms with E-state index in [9.17, 15) is 4.79 Å². The first-order valence-corrected chi connectivity index (χ1v) is 7.50. The zero-order valence-electron chi connectivity index (χ0n) is 11.3. The van der Waals surface area contributed by atoms with Gasteiger partial charge in [-0.05, 0) is 25.0 Å². The van der Waals surface area contributed by atoms with E-state index >= 15 is 0 Å². The highest BCUT2D eigenvalue weighted by molar-refractivity contribution is 7.10. The number of nitrogens with one attached hydrogen (secondary N) is 1. The highest BCUT2D eigenvalue weighted by atomic mass is 32.1.